The second-order valence-electron chi connectivity index (χ2n) is 6.05. The number of aryl methyl sites for hydroxylation is 3. The summed E-state index contributed by atoms with van der Waals surface area (Å²) in [4.78, 5) is 0. The minimum atomic E-state index is 0. The van der Waals surface area contributed by atoms with Gasteiger partial charge in [-0.1, -0.05) is 43.7 Å². The third-order valence-corrected chi connectivity index (χ3v) is 3.95. The molecule has 0 aliphatic rings. The van der Waals surface area contributed by atoms with Crippen LogP contribution in [-0.2, 0) is 32.7 Å². The summed E-state index contributed by atoms with van der Waals surface area (Å²) in [6, 6.07) is 19.9. The minimum Gasteiger partial charge on any atom is -0.399 e. The smallest absolute Gasteiger partial charge is 0.0344 e. The number of rotatable bonds is 1. The molecular weight excluding hydrogens is 419 g/mol. The number of nitrogen functional groups attached to an aromatic ring is 3. The van der Waals surface area contributed by atoms with E-state index in [1.165, 1.54) is 16.7 Å². The quantitative estimate of drug-likeness (QED) is 0.304. The van der Waals surface area contributed by atoms with Gasteiger partial charge in [0.05, 0.1) is 0 Å². The molecule has 0 aliphatic heterocycles. The summed E-state index contributed by atoms with van der Waals surface area (Å²) < 4.78 is 0. The van der Waals surface area contributed by atoms with E-state index in [-0.39, 0.29) is 40.1 Å². The van der Waals surface area contributed by atoms with Gasteiger partial charge >= 0.3 is 0 Å². The van der Waals surface area contributed by atoms with Crippen LogP contribution >= 0.6 is 0 Å². The zero-order valence-electron chi connectivity index (χ0n) is 18.1. The van der Waals surface area contributed by atoms with Crippen molar-refractivity contribution in [1.29, 1.82) is 0 Å². The van der Waals surface area contributed by atoms with Crippen molar-refractivity contribution in [3.05, 3.63) is 84.8 Å². The summed E-state index contributed by atoms with van der Waals surface area (Å²) in [6.07, 6.45) is 0. The molecule has 0 fully saturated rings. The molecule has 0 amide bonds. The fraction of sp³-hybridized carbons (Fsp3) is 0.208. The second kappa shape index (κ2) is 14.2. The van der Waals surface area contributed by atoms with Gasteiger partial charge in [-0.15, -0.1) is 0 Å². The fourth-order valence-electron chi connectivity index (χ4n) is 2.28. The van der Waals surface area contributed by atoms with Gasteiger partial charge in [-0.25, -0.2) is 0 Å². The molecule has 3 aromatic rings. The van der Waals surface area contributed by atoms with Crippen LogP contribution in [0.1, 0.15) is 30.5 Å². The molecule has 0 atom stereocenters. The van der Waals surface area contributed by atoms with E-state index < -0.39 is 0 Å². The first-order chi connectivity index (χ1) is 12.4. The monoisotopic (exact) mass is 453 g/mol. The molecule has 3 rings (SSSR count). The summed E-state index contributed by atoms with van der Waals surface area (Å²) in [7, 11) is 0. The molecule has 0 spiro atoms. The second-order valence-corrected chi connectivity index (χ2v) is 6.05. The molecule has 0 heterocycles. The van der Waals surface area contributed by atoms with Crippen molar-refractivity contribution in [1.82, 2.24) is 0 Å². The van der Waals surface area contributed by atoms with E-state index in [4.69, 9.17) is 17.2 Å². The Labute approximate surface area is 196 Å². The Morgan fingerprint density at radius 1 is 0.571 bits per heavy atom. The zero-order chi connectivity index (χ0) is 19.7. The molecule has 0 saturated carbocycles. The Morgan fingerprint density at radius 3 is 1.21 bits per heavy atom. The molecule has 0 unspecified atom stereocenters. The first kappa shape index (κ1) is 28.4. The van der Waals surface area contributed by atoms with Crippen molar-refractivity contribution < 1.29 is 32.7 Å². The van der Waals surface area contributed by atoms with Crippen molar-refractivity contribution in [3.8, 4) is 11.1 Å². The summed E-state index contributed by atoms with van der Waals surface area (Å²) in [5.41, 5.74) is 25.3. The third-order valence-electron chi connectivity index (χ3n) is 3.95. The maximum atomic E-state index is 5.80. The van der Waals surface area contributed by atoms with Gasteiger partial charge in [0, 0.05) is 49.8 Å². The maximum absolute atomic E-state index is 5.80. The Kier molecular flexibility index (Phi) is 14.4. The molecule has 4 heteroatoms. The van der Waals surface area contributed by atoms with Crippen molar-refractivity contribution in [3.63, 3.8) is 0 Å². The maximum Gasteiger partial charge on any atom is 0.0344 e. The van der Waals surface area contributed by atoms with Crippen LogP contribution in [0.25, 0.3) is 11.1 Å². The topological polar surface area (TPSA) is 78.1 Å². The van der Waals surface area contributed by atoms with Crippen LogP contribution < -0.4 is 17.2 Å². The van der Waals surface area contributed by atoms with Gasteiger partial charge in [-0.3, -0.25) is 0 Å². The van der Waals surface area contributed by atoms with Gasteiger partial charge in [0.25, 0.3) is 0 Å². The van der Waals surface area contributed by atoms with Crippen molar-refractivity contribution in [2.24, 2.45) is 0 Å². The molecule has 0 aromatic heterocycles. The molecule has 149 valence electrons. The SMILES string of the molecule is CC.Cc1cc(-c2ccc(N)c(C)c2)ccc1N.Cc1ccc(N)cc1.[CH3-].[Y]. The predicted octanol–water partition coefficient (Wildman–Crippen LogP) is 6.19. The number of hydrogen-bond acceptors (Lipinski definition) is 3. The molecule has 28 heavy (non-hydrogen) atoms. The van der Waals surface area contributed by atoms with Crippen LogP contribution in [0.2, 0.25) is 0 Å². The van der Waals surface area contributed by atoms with Gasteiger partial charge in [-0.05, 0) is 79.4 Å². The van der Waals surface area contributed by atoms with Crippen molar-refractivity contribution >= 4 is 17.1 Å². The van der Waals surface area contributed by atoms with Gasteiger partial charge < -0.3 is 24.6 Å². The Morgan fingerprint density at radius 2 is 0.929 bits per heavy atom. The minimum absolute atomic E-state index is 0. The van der Waals surface area contributed by atoms with Crippen LogP contribution in [0.4, 0.5) is 17.1 Å². The molecule has 0 saturated heterocycles. The number of benzene rings is 3. The Bertz CT molecular complexity index is 757. The molecular formula is C24H34N3Y-. The normalized spacial score (nSPS) is 8.75. The predicted molar refractivity (Wildman–Crippen MR) is 124 cm³/mol. The summed E-state index contributed by atoms with van der Waals surface area (Å²) in [5, 5.41) is 0. The van der Waals surface area contributed by atoms with Gasteiger partial charge in [0.15, 0.2) is 0 Å². The average molecular weight is 453 g/mol. The molecule has 0 bridgehead atoms. The first-order valence-electron chi connectivity index (χ1n) is 8.91. The van der Waals surface area contributed by atoms with Gasteiger partial charge in [0.1, 0.15) is 0 Å². The van der Waals surface area contributed by atoms with Gasteiger partial charge in [0.2, 0.25) is 0 Å². The fourth-order valence-corrected chi connectivity index (χ4v) is 2.28. The van der Waals surface area contributed by atoms with Crippen LogP contribution in [0.5, 0.6) is 0 Å². The number of nitrogens with two attached hydrogens (primary N) is 3. The van der Waals surface area contributed by atoms with E-state index in [0.717, 1.165) is 28.2 Å². The van der Waals surface area contributed by atoms with E-state index in [1.54, 1.807) is 0 Å². The van der Waals surface area contributed by atoms with Crippen LogP contribution in [-0.4, -0.2) is 0 Å². The Hall–Kier alpha value is -1.84. The van der Waals surface area contributed by atoms with Crippen LogP contribution in [0, 0.1) is 28.2 Å². The third kappa shape index (κ3) is 8.90. The van der Waals surface area contributed by atoms with E-state index in [2.05, 4.69) is 12.1 Å². The van der Waals surface area contributed by atoms with Crippen LogP contribution in [0.15, 0.2) is 60.7 Å². The van der Waals surface area contributed by atoms with E-state index in [0.29, 0.717) is 0 Å². The van der Waals surface area contributed by atoms with E-state index in [1.807, 2.05) is 83.1 Å². The molecule has 1 radical (unpaired) electrons. The van der Waals surface area contributed by atoms with E-state index >= 15 is 0 Å². The van der Waals surface area contributed by atoms with Gasteiger partial charge in [-0.2, -0.15) is 0 Å². The zero-order valence-corrected chi connectivity index (χ0v) is 20.9. The number of hydrogen-bond donors (Lipinski definition) is 3. The van der Waals surface area contributed by atoms with E-state index in [9.17, 15) is 0 Å². The standard InChI is InChI=1S/C14H16N2.C7H9N.C2H6.CH3.Y/c1-9-7-11(3-5-13(9)15)12-4-6-14(16)10(2)8-12;1-6-2-4-7(8)5-3-6;1-2;;/h3-8H,15-16H2,1-2H3;2-5H,8H2,1H3;1-2H3;1H3;/q;;;-1;. The summed E-state index contributed by atoms with van der Waals surface area (Å²) in [5.74, 6) is 0. The van der Waals surface area contributed by atoms with Crippen molar-refractivity contribution in [2.75, 3.05) is 17.2 Å². The Balaban J connectivity index is 0. The molecule has 6 N–H and O–H groups in total. The first-order valence-corrected chi connectivity index (χ1v) is 8.91. The molecule has 3 aromatic carbocycles. The van der Waals surface area contributed by atoms with Crippen LogP contribution in [0.3, 0.4) is 0 Å². The van der Waals surface area contributed by atoms with Crippen molar-refractivity contribution in [2.45, 2.75) is 34.6 Å². The molecule has 3 nitrogen and oxygen atoms in total. The summed E-state index contributed by atoms with van der Waals surface area (Å²) >= 11 is 0. The summed E-state index contributed by atoms with van der Waals surface area (Å²) in [6.45, 7) is 10.1. The number of anilines is 3. The molecule has 0 aliphatic carbocycles. The largest absolute Gasteiger partial charge is 0.399 e. The average Bonchev–Trinajstić information content (AvgIpc) is 2.64.